The molecule has 7 nitrogen and oxygen atoms in total. The van der Waals surface area contributed by atoms with Crippen LogP contribution < -0.4 is 10.6 Å². The first-order valence-electron chi connectivity index (χ1n) is 6.79. The number of ether oxygens (including phenoxy) is 1. The third-order valence-electron chi connectivity index (χ3n) is 3.23. The average Bonchev–Trinajstić information content (AvgIpc) is 2.87. The summed E-state index contributed by atoms with van der Waals surface area (Å²) in [6.07, 6.45) is 1.33. The zero-order valence-electron chi connectivity index (χ0n) is 12.8. The summed E-state index contributed by atoms with van der Waals surface area (Å²) in [5.74, 6) is -1.21. The van der Waals surface area contributed by atoms with Crippen LogP contribution in [0.25, 0.3) is 0 Å². The van der Waals surface area contributed by atoms with Gasteiger partial charge in [-0.1, -0.05) is 0 Å². The molecule has 0 aliphatic heterocycles. The number of hydrogen-bond acceptors (Lipinski definition) is 6. The first-order chi connectivity index (χ1) is 10.9. The van der Waals surface area contributed by atoms with Gasteiger partial charge < -0.3 is 15.4 Å². The van der Waals surface area contributed by atoms with Crippen LogP contribution in [0.5, 0.6) is 0 Å². The second-order valence-corrected chi connectivity index (χ2v) is 4.97. The first kappa shape index (κ1) is 16.3. The number of nitrogens with two attached hydrogens (primary N) is 1. The van der Waals surface area contributed by atoms with Crippen molar-refractivity contribution in [3.63, 3.8) is 0 Å². The number of hydrogen-bond donors (Lipinski definition) is 1. The maximum Gasteiger partial charge on any atom is 0.341 e. The number of benzene rings is 1. The average molecular weight is 317 g/mol. The molecule has 0 saturated carbocycles. The van der Waals surface area contributed by atoms with Gasteiger partial charge in [-0.3, -0.25) is 0 Å². The predicted molar refractivity (Wildman–Crippen MR) is 82.4 cm³/mol. The number of nitrogen functional groups attached to an aromatic ring is 1. The molecule has 2 aromatic rings. The van der Waals surface area contributed by atoms with Crippen molar-refractivity contribution in [1.29, 1.82) is 5.26 Å². The quantitative estimate of drug-likeness (QED) is 0.837. The Bertz CT molecular complexity index is 764. The summed E-state index contributed by atoms with van der Waals surface area (Å²) in [6, 6.07) is 6.17. The molecule has 0 radical (unpaired) electrons. The number of nitriles is 1. The van der Waals surface area contributed by atoms with Crippen LogP contribution >= 0.6 is 0 Å². The summed E-state index contributed by atoms with van der Waals surface area (Å²) in [7, 11) is 3.55. The van der Waals surface area contributed by atoms with Crippen molar-refractivity contribution in [1.82, 2.24) is 9.78 Å². The minimum absolute atomic E-state index is 0.0372. The maximum atomic E-state index is 13.9. The van der Waals surface area contributed by atoms with Crippen molar-refractivity contribution in [2.24, 2.45) is 0 Å². The molecule has 120 valence electrons. The van der Waals surface area contributed by atoms with E-state index in [4.69, 9.17) is 15.7 Å². The zero-order valence-corrected chi connectivity index (χ0v) is 12.8. The van der Waals surface area contributed by atoms with Gasteiger partial charge in [0, 0.05) is 19.8 Å². The van der Waals surface area contributed by atoms with Crippen LogP contribution in [0.4, 0.5) is 15.9 Å². The Morgan fingerprint density at radius 3 is 2.83 bits per heavy atom. The number of carbonyl (C=O) groups is 1. The summed E-state index contributed by atoms with van der Waals surface area (Å²) in [6.45, 7) is 0.140. The third kappa shape index (κ3) is 3.58. The monoisotopic (exact) mass is 317 g/mol. The van der Waals surface area contributed by atoms with Gasteiger partial charge in [0.15, 0.2) is 0 Å². The minimum atomic E-state index is -0.765. The van der Waals surface area contributed by atoms with Gasteiger partial charge in [0.1, 0.15) is 29.9 Å². The Morgan fingerprint density at radius 1 is 1.52 bits per heavy atom. The predicted octanol–water partition coefficient (Wildman–Crippen LogP) is 1.40. The molecule has 0 spiro atoms. The van der Waals surface area contributed by atoms with Crippen LogP contribution in [-0.2, 0) is 11.3 Å². The molecular weight excluding hydrogens is 301 g/mol. The lowest BCUT2D eigenvalue weighted by atomic mass is 10.2. The highest BCUT2D eigenvalue weighted by atomic mass is 19.1. The van der Waals surface area contributed by atoms with Crippen LogP contribution in [-0.4, -0.2) is 36.5 Å². The molecule has 0 saturated heterocycles. The second-order valence-electron chi connectivity index (χ2n) is 4.97. The molecule has 2 rings (SSSR count). The second kappa shape index (κ2) is 6.79. The molecule has 0 fully saturated rings. The van der Waals surface area contributed by atoms with E-state index >= 15 is 0 Å². The molecule has 0 bridgehead atoms. The van der Waals surface area contributed by atoms with E-state index < -0.39 is 11.8 Å². The maximum absolute atomic E-state index is 13.9. The molecular formula is C15H16FN5O2. The van der Waals surface area contributed by atoms with E-state index in [2.05, 4.69) is 5.10 Å². The number of anilines is 2. The van der Waals surface area contributed by atoms with E-state index in [9.17, 15) is 9.18 Å². The van der Waals surface area contributed by atoms with Crippen LogP contribution in [0, 0.1) is 17.1 Å². The van der Waals surface area contributed by atoms with Crippen LogP contribution in [0.15, 0.2) is 24.4 Å². The highest BCUT2D eigenvalue weighted by Gasteiger charge is 2.15. The van der Waals surface area contributed by atoms with Gasteiger partial charge in [0.2, 0.25) is 0 Å². The van der Waals surface area contributed by atoms with Crippen LogP contribution in [0.2, 0.25) is 0 Å². The molecule has 0 unspecified atom stereocenters. The standard InChI is InChI=1S/C15H16FN5O2/c1-20(2)11-3-4-12(13(16)7-11)15(22)23-6-5-21-14(18)10(8-17)9-19-21/h3-4,7,9H,5-6,18H2,1-2H3. The fourth-order valence-electron chi connectivity index (χ4n) is 1.91. The highest BCUT2D eigenvalue weighted by Crippen LogP contribution is 2.17. The summed E-state index contributed by atoms with van der Waals surface area (Å²) >= 11 is 0. The summed E-state index contributed by atoms with van der Waals surface area (Å²) in [5, 5.41) is 12.7. The zero-order chi connectivity index (χ0) is 17.0. The van der Waals surface area contributed by atoms with Crippen LogP contribution in [0.3, 0.4) is 0 Å². The SMILES string of the molecule is CN(C)c1ccc(C(=O)OCCn2ncc(C#N)c2N)c(F)c1. The van der Waals surface area contributed by atoms with E-state index in [1.54, 1.807) is 25.1 Å². The third-order valence-corrected chi connectivity index (χ3v) is 3.23. The van der Waals surface area contributed by atoms with Crippen molar-refractivity contribution in [2.75, 3.05) is 31.3 Å². The number of carbonyl (C=O) groups excluding carboxylic acids is 1. The van der Waals surface area contributed by atoms with Crippen molar-refractivity contribution in [3.8, 4) is 6.07 Å². The molecule has 1 aromatic carbocycles. The van der Waals surface area contributed by atoms with Crippen molar-refractivity contribution in [2.45, 2.75) is 6.54 Å². The molecule has 2 N–H and O–H groups in total. The summed E-state index contributed by atoms with van der Waals surface area (Å²) in [4.78, 5) is 13.6. The largest absolute Gasteiger partial charge is 0.460 e. The van der Waals surface area contributed by atoms with Gasteiger partial charge in [-0.2, -0.15) is 10.4 Å². The molecule has 0 aliphatic carbocycles. The van der Waals surface area contributed by atoms with E-state index in [1.807, 2.05) is 6.07 Å². The van der Waals surface area contributed by atoms with Crippen molar-refractivity contribution >= 4 is 17.5 Å². The molecule has 1 aromatic heterocycles. The Kier molecular flexibility index (Phi) is 4.81. The Balaban J connectivity index is 1.97. The van der Waals surface area contributed by atoms with E-state index in [0.29, 0.717) is 5.69 Å². The number of halogens is 1. The molecule has 23 heavy (non-hydrogen) atoms. The minimum Gasteiger partial charge on any atom is -0.460 e. The number of rotatable bonds is 5. The van der Waals surface area contributed by atoms with Gasteiger partial charge in [-0.15, -0.1) is 0 Å². The molecule has 1 heterocycles. The highest BCUT2D eigenvalue weighted by molar-refractivity contribution is 5.90. The lowest BCUT2D eigenvalue weighted by molar-refractivity contribution is 0.0483. The first-order valence-corrected chi connectivity index (χ1v) is 6.79. The van der Waals surface area contributed by atoms with E-state index in [-0.39, 0.29) is 30.1 Å². The van der Waals surface area contributed by atoms with Crippen LogP contribution in [0.1, 0.15) is 15.9 Å². The molecule has 0 aliphatic rings. The van der Waals surface area contributed by atoms with E-state index in [1.165, 1.54) is 23.0 Å². The molecule has 8 heteroatoms. The lowest BCUT2D eigenvalue weighted by Crippen LogP contribution is -2.15. The Morgan fingerprint density at radius 2 is 2.26 bits per heavy atom. The van der Waals surface area contributed by atoms with Gasteiger partial charge in [-0.25, -0.2) is 13.9 Å². The smallest absolute Gasteiger partial charge is 0.341 e. The van der Waals surface area contributed by atoms with Gasteiger partial charge in [-0.05, 0) is 18.2 Å². The number of esters is 1. The van der Waals surface area contributed by atoms with Gasteiger partial charge in [0.25, 0.3) is 0 Å². The van der Waals surface area contributed by atoms with Gasteiger partial charge >= 0.3 is 5.97 Å². The Hall–Kier alpha value is -3.08. The molecule has 0 atom stereocenters. The normalized spacial score (nSPS) is 10.2. The van der Waals surface area contributed by atoms with Crippen molar-refractivity contribution in [3.05, 3.63) is 41.3 Å². The fourth-order valence-corrected chi connectivity index (χ4v) is 1.91. The Labute approximate surface area is 132 Å². The lowest BCUT2D eigenvalue weighted by Gasteiger charge is -2.13. The summed E-state index contributed by atoms with van der Waals surface area (Å²) in [5.41, 5.74) is 6.44. The number of aromatic nitrogens is 2. The fraction of sp³-hybridized carbons (Fsp3) is 0.267. The van der Waals surface area contributed by atoms with E-state index in [0.717, 1.165) is 0 Å². The summed E-state index contributed by atoms with van der Waals surface area (Å²) < 4.78 is 20.3. The molecule has 0 amide bonds. The van der Waals surface area contributed by atoms with Gasteiger partial charge in [0.05, 0.1) is 18.3 Å². The topological polar surface area (TPSA) is 97.2 Å². The van der Waals surface area contributed by atoms with Crippen molar-refractivity contribution < 1.29 is 13.9 Å². The number of nitrogens with zero attached hydrogens (tertiary/aromatic N) is 4.